The van der Waals surface area contributed by atoms with Crippen LogP contribution in [-0.4, -0.2) is 30.5 Å². The largest absolute Gasteiger partial charge is 0.494 e. The summed E-state index contributed by atoms with van der Waals surface area (Å²) in [6, 6.07) is 1.93. The lowest BCUT2D eigenvalue weighted by atomic mass is 10.1. The summed E-state index contributed by atoms with van der Waals surface area (Å²) < 4.78 is 12.3. The molecule has 6 heteroatoms. The first-order valence-electron chi connectivity index (χ1n) is 6.96. The quantitative estimate of drug-likeness (QED) is 0.520. The van der Waals surface area contributed by atoms with Crippen molar-refractivity contribution in [3.05, 3.63) is 22.9 Å². The molecule has 0 aliphatic carbocycles. The number of rotatable bonds is 5. The summed E-state index contributed by atoms with van der Waals surface area (Å²) >= 11 is 0. The SMILES string of the molecule is COc1c(C)cc2c(c1N)c(C=O)c(C)n2CCOC(C)=O. The Hall–Kier alpha value is -2.50. The van der Waals surface area contributed by atoms with Gasteiger partial charge in [0.1, 0.15) is 12.4 Å². The number of aromatic nitrogens is 1. The normalized spacial score (nSPS) is 10.7. The summed E-state index contributed by atoms with van der Waals surface area (Å²) in [5.41, 5.74) is 9.68. The van der Waals surface area contributed by atoms with Crippen LogP contribution in [-0.2, 0) is 16.1 Å². The van der Waals surface area contributed by atoms with E-state index < -0.39 is 0 Å². The van der Waals surface area contributed by atoms with Gasteiger partial charge >= 0.3 is 5.97 Å². The molecular weight excluding hydrogens is 284 g/mol. The smallest absolute Gasteiger partial charge is 0.302 e. The van der Waals surface area contributed by atoms with Gasteiger partial charge in [0.15, 0.2) is 6.29 Å². The summed E-state index contributed by atoms with van der Waals surface area (Å²) in [7, 11) is 1.55. The number of hydrogen-bond acceptors (Lipinski definition) is 5. The molecule has 2 aromatic rings. The van der Waals surface area contributed by atoms with Crippen molar-refractivity contribution in [3.8, 4) is 5.75 Å². The van der Waals surface area contributed by atoms with Crippen molar-refractivity contribution in [2.24, 2.45) is 0 Å². The van der Waals surface area contributed by atoms with Crippen LogP contribution < -0.4 is 10.5 Å². The minimum atomic E-state index is -0.331. The number of aryl methyl sites for hydroxylation is 1. The number of fused-ring (bicyclic) bond motifs is 1. The molecule has 1 aromatic heterocycles. The van der Waals surface area contributed by atoms with Crippen molar-refractivity contribution in [2.45, 2.75) is 27.3 Å². The van der Waals surface area contributed by atoms with Gasteiger partial charge in [-0.05, 0) is 25.5 Å². The maximum atomic E-state index is 11.5. The Morgan fingerprint density at radius 3 is 2.64 bits per heavy atom. The molecule has 0 saturated heterocycles. The number of esters is 1. The van der Waals surface area contributed by atoms with Gasteiger partial charge in [-0.2, -0.15) is 0 Å². The fourth-order valence-corrected chi connectivity index (χ4v) is 2.79. The molecule has 0 saturated carbocycles. The number of carbonyl (C=O) groups excluding carboxylic acids is 2. The number of aldehydes is 1. The van der Waals surface area contributed by atoms with E-state index in [-0.39, 0.29) is 12.6 Å². The highest BCUT2D eigenvalue weighted by Crippen LogP contribution is 2.38. The van der Waals surface area contributed by atoms with Gasteiger partial charge in [-0.15, -0.1) is 0 Å². The third-order valence-corrected chi connectivity index (χ3v) is 3.78. The van der Waals surface area contributed by atoms with Gasteiger partial charge in [0.05, 0.1) is 24.9 Å². The number of nitrogen functional groups attached to an aromatic ring is 1. The number of nitrogens with two attached hydrogens (primary N) is 1. The van der Waals surface area contributed by atoms with Crippen LogP contribution in [0.2, 0.25) is 0 Å². The van der Waals surface area contributed by atoms with E-state index >= 15 is 0 Å². The third-order valence-electron chi connectivity index (χ3n) is 3.78. The average molecular weight is 304 g/mol. The van der Waals surface area contributed by atoms with Gasteiger partial charge < -0.3 is 19.8 Å². The van der Waals surface area contributed by atoms with Crippen molar-refractivity contribution < 1.29 is 19.1 Å². The average Bonchev–Trinajstić information content (AvgIpc) is 2.71. The maximum Gasteiger partial charge on any atom is 0.302 e. The predicted octanol–water partition coefficient (Wildman–Crippen LogP) is 2.22. The number of methoxy groups -OCH3 is 1. The van der Waals surface area contributed by atoms with E-state index in [4.69, 9.17) is 15.2 Å². The molecule has 22 heavy (non-hydrogen) atoms. The van der Waals surface area contributed by atoms with E-state index in [0.29, 0.717) is 28.9 Å². The van der Waals surface area contributed by atoms with Gasteiger partial charge in [0.2, 0.25) is 0 Å². The highest BCUT2D eigenvalue weighted by atomic mass is 16.5. The first-order valence-corrected chi connectivity index (χ1v) is 6.96. The number of anilines is 1. The zero-order valence-corrected chi connectivity index (χ0v) is 13.2. The van der Waals surface area contributed by atoms with Crippen LogP contribution in [0.5, 0.6) is 5.75 Å². The molecule has 2 rings (SSSR count). The lowest BCUT2D eigenvalue weighted by molar-refractivity contribution is -0.141. The molecule has 0 spiro atoms. The van der Waals surface area contributed by atoms with Crippen LogP contribution in [0.15, 0.2) is 6.07 Å². The van der Waals surface area contributed by atoms with Crippen LogP contribution in [0.1, 0.15) is 28.5 Å². The van der Waals surface area contributed by atoms with Gasteiger partial charge in [-0.1, -0.05) is 0 Å². The fourth-order valence-electron chi connectivity index (χ4n) is 2.79. The number of hydrogen-bond donors (Lipinski definition) is 1. The third kappa shape index (κ3) is 2.52. The molecule has 0 atom stereocenters. The van der Waals surface area contributed by atoms with E-state index in [1.165, 1.54) is 6.92 Å². The monoisotopic (exact) mass is 304 g/mol. The molecule has 2 N–H and O–H groups in total. The minimum Gasteiger partial charge on any atom is -0.494 e. The molecule has 0 amide bonds. The van der Waals surface area contributed by atoms with Crippen molar-refractivity contribution in [1.82, 2.24) is 4.57 Å². The molecule has 118 valence electrons. The summed E-state index contributed by atoms with van der Waals surface area (Å²) in [5, 5.41) is 0.678. The Bertz CT molecular complexity index is 747. The summed E-state index contributed by atoms with van der Waals surface area (Å²) in [4.78, 5) is 22.4. The molecule has 0 unspecified atom stereocenters. The molecule has 0 aliphatic heterocycles. The zero-order chi connectivity index (χ0) is 16.4. The number of ether oxygens (including phenoxy) is 2. The van der Waals surface area contributed by atoms with Crippen LogP contribution in [0.3, 0.4) is 0 Å². The Balaban J connectivity index is 2.64. The molecule has 1 heterocycles. The van der Waals surface area contributed by atoms with Crippen molar-refractivity contribution in [1.29, 1.82) is 0 Å². The summed E-state index contributed by atoms with van der Waals surface area (Å²) in [6.45, 7) is 5.81. The molecule has 1 aromatic carbocycles. The van der Waals surface area contributed by atoms with E-state index in [9.17, 15) is 9.59 Å². The second kappa shape index (κ2) is 6.09. The van der Waals surface area contributed by atoms with Crippen LogP contribution in [0.25, 0.3) is 10.9 Å². The lowest BCUT2D eigenvalue weighted by Crippen LogP contribution is -2.10. The molecule has 0 radical (unpaired) electrons. The lowest BCUT2D eigenvalue weighted by Gasteiger charge is -2.12. The molecule has 0 fully saturated rings. The zero-order valence-electron chi connectivity index (χ0n) is 13.2. The van der Waals surface area contributed by atoms with E-state index in [1.54, 1.807) is 7.11 Å². The Labute approximate surface area is 128 Å². The Kier molecular flexibility index (Phi) is 4.40. The number of nitrogens with zero attached hydrogens (tertiary/aromatic N) is 1. The van der Waals surface area contributed by atoms with Crippen LogP contribution in [0.4, 0.5) is 5.69 Å². The van der Waals surface area contributed by atoms with Crippen molar-refractivity contribution in [2.75, 3.05) is 19.5 Å². The number of benzene rings is 1. The van der Waals surface area contributed by atoms with Gasteiger partial charge in [0.25, 0.3) is 0 Å². The molecule has 0 bridgehead atoms. The fraction of sp³-hybridized carbons (Fsp3) is 0.375. The van der Waals surface area contributed by atoms with Gasteiger partial charge in [-0.3, -0.25) is 9.59 Å². The number of carbonyl (C=O) groups is 2. The van der Waals surface area contributed by atoms with Crippen molar-refractivity contribution in [3.63, 3.8) is 0 Å². The van der Waals surface area contributed by atoms with Crippen LogP contribution >= 0.6 is 0 Å². The van der Waals surface area contributed by atoms with Gasteiger partial charge in [0, 0.05) is 23.6 Å². The molecule has 0 aliphatic rings. The first-order chi connectivity index (χ1) is 10.4. The summed E-state index contributed by atoms with van der Waals surface area (Å²) in [5.74, 6) is 0.245. The Morgan fingerprint density at radius 1 is 1.41 bits per heavy atom. The molecular formula is C16H20N2O4. The second-order valence-corrected chi connectivity index (χ2v) is 5.14. The molecule has 6 nitrogen and oxygen atoms in total. The van der Waals surface area contributed by atoms with Crippen molar-refractivity contribution >= 4 is 28.8 Å². The topological polar surface area (TPSA) is 83.6 Å². The highest BCUT2D eigenvalue weighted by molar-refractivity contribution is 6.07. The van der Waals surface area contributed by atoms with Gasteiger partial charge in [-0.25, -0.2) is 0 Å². The minimum absolute atomic E-state index is 0.239. The van der Waals surface area contributed by atoms with E-state index in [0.717, 1.165) is 23.1 Å². The highest BCUT2D eigenvalue weighted by Gasteiger charge is 2.20. The summed E-state index contributed by atoms with van der Waals surface area (Å²) in [6.07, 6.45) is 0.797. The van der Waals surface area contributed by atoms with E-state index in [1.807, 2.05) is 24.5 Å². The first kappa shape index (κ1) is 15.9. The van der Waals surface area contributed by atoms with Crippen LogP contribution in [0, 0.1) is 13.8 Å². The predicted molar refractivity (Wildman–Crippen MR) is 84.4 cm³/mol. The standard InChI is InChI=1S/C16H20N2O4/c1-9-7-13-14(15(17)16(9)21-4)12(8-19)10(2)18(13)5-6-22-11(3)20/h7-8H,5-6,17H2,1-4H3. The maximum absolute atomic E-state index is 11.5. The Morgan fingerprint density at radius 2 is 2.09 bits per heavy atom. The second-order valence-electron chi connectivity index (χ2n) is 5.14. The van der Waals surface area contributed by atoms with E-state index in [2.05, 4.69) is 0 Å².